The van der Waals surface area contributed by atoms with Gasteiger partial charge < -0.3 is 5.32 Å². The summed E-state index contributed by atoms with van der Waals surface area (Å²) in [6.45, 7) is 0.476. The van der Waals surface area contributed by atoms with Crippen molar-refractivity contribution in [3.8, 4) is 0 Å². The fourth-order valence-electron chi connectivity index (χ4n) is 1.21. The molecular weight excluding hydrogens is 278 g/mol. The van der Waals surface area contributed by atoms with Gasteiger partial charge in [-0.2, -0.15) is 0 Å². The number of carbonyl (C=O) groups is 1. The van der Waals surface area contributed by atoms with Crippen molar-refractivity contribution in [1.29, 1.82) is 0 Å². The average Bonchev–Trinajstić information content (AvgIpc) is 2.97. The van der Waals surface area contributed by atoms with E-state index >= 15 is 0 Å². The van der Waals surface area contributed by atoms with Gasteiger partial charge in [0.25, 0.3) is 0 Å². The predicted octanol–water partition coefficient (Wildman–Crippen LogP) is 2.20. The van der Waals surface area contributed by atoms with Crippen molar-refractivity contribution in [3.63, 3.8) is 0 Å². The zero-order chi connectivity index (χ0) is 12.1. The Morgan fingerprint density at radius 1 is 1.41 bits per heavy atom. The number of alkyl halides is 1. The summed E-state index contributed by atoms with van der Waals surface area (Å²) in [7, 11) is 0. The molecule has 0 spiro atoms. The maximum atomic E-state index is 11.6. The molecule has 7 heteroatoms. The number of rotatable bonds is 5. The summed E-state index contributed by atoms with van der Waals surface area (Å²) >= 11 is 8.62. The molecule has 0 fully saturated rings. The van der Waals surface area contributed by atoms with Gasteiger partial charge in [0.2, 0.25) is 5.91 Å². The van der Waals surface area contributed by atoms with Crippen LogP contribution < -0.4 is 5.32 Å². The van der Waals surface area contributed by atoms with Crippen LogP contribution in [0.1, 0.15) is 15.7 Å². The first kappa shape index (κ1) is 12.5. The van der Waals surface area contributed by atoms with Gasteiger partial charge in [-0.05, 0) is 0 Å². The van der Waals surface area contributed by atoms with Gasteiger partial charge in [-0.3, -0.25) is 4.79 Å². The van der Waals surface area contributed by atoms with Gasteiger partial charge in [0.05, 0.1) is 24.5 Å². The largest absolute Gasteiger partial charge is 0.349 e. The minimum Gasteiger partial charge on any atom is -0.349 e. The number of nitrogens with zero attached hydrogens (tertiary/aromatic N) is 2. The van der Waals surface area contributed by atoms with Gasteiger partial charge >= 0.3 is 0 Å². The Balaban J connectivity index is 1.81. The number of halogens is 1. The predicted molar refractivity (Wildman–Crippen MR) is 69.3 cm³/mol. The van der Waals surface area contributed by atoms with Crippen LogP contribution in [0.25, 0.3) is 0 Å². The van der Waals surface area contributed by atoms with Crippen LogP contribution >= 0.6 is 34.3 Å². The first-order chi connectivity index (χ1) is 8.28. The molecule has 1 N–H and O–H groups in total. The molecule has 90 valence electrons. The summed E-state index contributed by atoms with van der Waals surface area (Å²) in [4.78, 5) is 19.9. The second-order valence-corrected chi connectivity index (χ2v) is 5.43. The van der Waals surface area contributed by atoms with Crippen LogP contribution in [0.5, 0.6) is 0 Å². The number of hydrogen-bond acceptors (Lipinski definition) is 5. The lowest BCUT2D eigenvalue weighted by Crippen LogP contribution is -2.24. The molecule has 4 nitrogen and oxygen atoms in total. The van der Waals surface area contributed by atoms with Crippen molar-refractivity contribution in [3.05, 3.63) is 32.7 Å². The minimum absolute atomic E-state index is 0.0457. The summed E-state index contributed by atoms with van der Waals surface area (Å²) in [6.07, 6.45) is 2.02. The van der Waals surface area contributed by atoms with Crippen LogP contribution in [-0.4, -0.2) is 15.9 Å². The molecule has 0 saturated heterocycles. The monoisotopic (exact) mass is 287 g/mol. The summed E-state index contributed by atoms with van der Waals surface area (Å²) in [6, 6.07) is 0. The molecule has 0 aromatic carbocycles. The van der Waals surface area contributed by atoms with Crippen LogP contribution in [0.4, 0.5) is 0 Å². The fraction of sp³-hybridized carbons (Fsp3) is 0.300. The van der Waals surface area contributed by atoms with Crippen LogP contribution in [0, 0.1) is 0 Å². The molecule has 2 heterocycles. The van der Waals surface area contributed by atoms with Crippen molar-refractivity contribution in [2.45, 2.75) is 18.8 Å². The second kappa shape index (κ2) is 6.09. The molecule has 2 aromatic heterocycles. The highest BCUT2D eigenvalue weighted by molar-refractivity contribution is 7.10. The molecule has 0 aliphatic carbocycles. The van der Waals surface area contributed by atoms with Crippen LogP contribution in [-0.2, 0) is 23.6 Å². The molecule has 17 heavy (non-hydrogen) atoms. The van der Waals surface area contributed by atoms with Crippen LogP contribution in [0.2, 0.25) is 0 Å². The normalized spacial score (nSPS) is 10.4. The zero-order valence-electron chi connectivity index (χ0n) is 8.85. The molecule has 1 amide bonds. The molecule has 0 aliphatic rings. The van der Waals surface area contributed by atoms with E-state index in [4.69, 9.17) is 11.6 Å². The molecule has 2 aromatic rings. The van der Waals surface area contributed by atoms with Gasteiger partial charge in [-0.1, -0.05) is 0 Å². The summed E-state index contributed by atoms with van der Waals surface area (Å²) in [5, 5.41) is 8.25. The van der Waals surface area contributed by atoms with Gasteiger partial charge in [-0.15, -0.1) is 34.3 Å². The van der Waals surface area contributed by atoms with E-state index < -0.39 is 0 Å². The maximum Gasteiger partial charge on any atom is 0.227 e. The Bertz CT molecular complexity index is 483. The van der Waals surface area contributed by atoms with Gasteiger partial charge in [0.15, 0.2) is 0 Å². The Morgan fingerprint density at radius 3 is 2.94 bits per heavy atom. The van der Waals surface area contributed by atoms with E-state index in [-0.39, 0.29) is 5.91 Å². The average molecular weight is 288 g/mol. The smallest absolute Gasteiger partial charge is 0.227 e. The second-order valence-electron chi connectivity index (χ2n) is 3.25. The molecule has 0 radical (unpaired) electrons. The molecule has 0 bridgehead atoms. The lowest BCUT2D eigenvalue weighted by atomic mass is 10.4. The van der Waals surface area contributed by atoms with E-state index in [9.17, 15) is 4.79 Å². The number of thiazole rings is 2. The number of carbonyl (C=O) groups excluding carboxylic acids is 1. The highest BCUT2D eigenvalue weighted by Crippen LogP contribution is 2.12. The number of amides is 1. The lowest BCUT2D eigenvalue weighted by molar-refractivity contribution is -0.120. The van der Waals surface area contributed by atoms with Crippen LogP contribution in [0.15, 0.2) is 17.0 Å². The Morgan fingerprint density at radius 2 is 2.29 bits per heavy atom. The third-order valence-corrected chi connectivity index (χ3v) is 3.92. The Hall–Kier alpha value is -0.980. The van der Waals surface area contributed by atoms with Crippen molar-refractivity contribution in [2.75, 3.05) is 0 Å². The van der Waals surface area contributed by atoms with Gasteiger partial charge in [0, 0.05) is 17.0 Å². The fourth-order valence-corrected chi connectivity index (χ4v) is 2.78. The Labute approximate surface area is 112 Å². The van der Waals surface area contributed by atoms with E-state index in [0.717, 1.165) is 15.7 Å². The molecule has 0 unspecified atom stereocenters. The lowest BCUT2D eigenvalue weighted by Gasteiger charge is -2.00. The van der Waals surface area contributed by atoms with E-state index in [1.165, 1.54) is 22.7 Å². The summed E-state index contributed by atoms with van der Waals surface area (Å²) in [5.74, 6) is 0.340. The van der Waals surface area contributed by atoms with Crippen LogP contribution in [0.3, 0.4) is 0 Å². The highest BCUT2D eigenvalue weighted by atomic mass is 35.5. The molecule has 0 aliphatic heterocycles. The van der Waals surface area contributed by atoms with Crippen molar-refractivity contribution in [1.82, 2.24) is 15.3 Å². The number of aromatic nitrogens is 2. The van der Waals surface area contributed by atoms with Gasteiger partial charge in [0.1, 0.15) is 10.0 Å². The quantitative estimate of drug-likeness (QED) is 0.858. The van der Waals surface area contributed by atoms with E-state index in [2.05, 4.69) is 15.3 Å². The maximum absolute atomic E-state index is 11.6. The SMILES string of the molecule is O=C(Cc1nc(CCl)cs1)NCc1nccs1. The number of hydrogen-bond donors (Lipinski definition) is 1. The first-order valence-corrected chi connectivity index (χ1v) is 7.21. The highest BCUT2D eigenvalue weighted by Gasteiger charge is 2.07. The van der Waals surface area contributed by atoms with Crippen molar-refractivity contribution >= 4 is 40.2 Å². The molecule has 0 saturated carbocycles. The third kappa shape index (κ3) is 3.76. The van der Waals surface area contributed by atoms with Crippen molar-refractivity contribution < 1.29 is 4.79 Å². The van der Waals surface area contributed by atoms with Crippen molar-refractivity contribution in [2.24, 2.45) is 0 Å². The molecular formula is C10H10ClN3OS2. The first-order valence-electron chi connectivity index (χ1n) is 4.92. The minimum atomic E-state index is -0.0457. The molecule has 0 atom stereocenters. The van der Waals surface area contributed by atoms with Gasteiger partial charge in [-0.25, -0.2) is 9.97 Å². The topological polar surface area (TPSA) is 54.9 Å². The van der Waals surface area contributed by atoms with E-state index in [1.807, 2.05) is 10.8 Å². The summed E-state index contributed by atoms with van der Waals surface area (Å²) < 4.78 is 0. The zero-order valence-corrected chi connectivity index (χ0v) is 11.2. The standard InChI is InChI=1S/C10H10ClN3OS2/c11-4-7-6-17-9(14-7)3-8(15)13-5-10-12-1-2-16-10/h1-2,6H,3-5H2,(H,13,15). The van der Waals surface area contributed by atoms with E-state index in [0.29, 0.717) is 18.8 Å². The Kier molecular flexibility index (Phi) is 4.47. The number of nitrogens with one attached hydrogen (secondary N) is 1. The third-order valence-electron chi connectivity index (χ3n) is 1.97. The summed E-state index contributed by atoms with van der Waals surface area (Å²) in [5.41, 5.74) is 0.819. The molecule has 2 rings (SSSR count). The van der Waals surface area contributed by atoms with E-state index in [1.54, 1.807) is 6.20 Å².